The van der Waals surface area contributed by atoms with Crippen LogP contribution in [0.25, 0.3) is 0 Å². The third-order valence-corrected chi connectivity index (χ3v) is 3.19. The van der Waals surface area contributed by atoms with Crippen LogP contribution in [0.15, 0.2) is 34.8 Å². The number of nitro groups is 1. The number of carbonyl (C=O) groups is 1. The Morgan fingerprint density at radius 1 is 1.43 bits per heavy atom. The molecule has 0 unspecified atom stereocenters. The van der Waals surface area contributed by atoms with Crippen molar-refractivity contribution in [3.63, 3.8) is 0 Å². The van der Waals surface area contributed by atoms with E-state index in [0.717, 1.165) is 12.1 Å². The number of rotatable bonds is 4. The van der Waals surface area contributed by atoms with Gasteiger partial charge in [-0.1, -0.05) is 17.7 Å². The van der Waals surface area contributed by atoms with E-state index in [1.165, 1.54) is 12.1 Å². The number of carboxylic acids is 1. The molecule has 9 heteroatoms. The van der Waals surface area contributed by atoms with Gasteiger partial charge in [0.05, 0.1) is 15.0 Å². The lowest BCUT2D eigenvalue weighted by atomic mass is 10.2. The van der Waals surface area contributed by atoms with E-state index in [1.54, 1.807) is 6.07 Å². The van der Waals surface area contributed by atoms with Gasteiger partial charge in [-0.2, -0.15) is 0 Å². The number of pyridine rings is 1. The molecule has 0 bridgehead atoms. The van der Waals surface area contributed by atoms with Crippen molar-refractivity contribution < 1.29 is 19.6 Å². The topological polar surface area (TPSA) is 103 Å². The fourth-order valence-corrected chi connectivity index (χ4v) is 2.13. The Morgan fingerprint density at radius 3 is 2.76 bits per heavy atom. The predicted molar refractivity (Wildman–Crippen MR) is 77.1 cm³/mol. The summed E-state index contributed by atoms with van der Waals surface area (Å²) in [6, 6.07) is 6.54. The van der Waals surface area contributed by atoms with Gasteiger partial charge in [-0.15, -0.1) is 0 Å². The Kier molecular flexibility index (Phi) is 4.39. The number of ether oxygens (including phenoxy) is 1. The zero-order chi connectivity index (χ0) is 15.6. The van der Waals surface area contributed by atoms with Crippen molar-refractivity contribution in [1.29, 1.82) is 0 Å². The number of nitrogens with zero attached hydrogens (tertiary/aromatic N) is 2. The zero-order valence-electron chi connectivity index (χ0n) is 10.1. The lowest BCUT2D eigenvalue weighted by Crippen LogP contribution is -2.00. The summed E-state index contributed by atoms with van der Waals surface area (Å²) in [4.78, 5) is 25.1. The largest absolute Gasteiger partial charge is 0.478 e. The minimum Gasteiger partial charge on any atom is -0.478 e. The number of benzene rings is 1. The van der Waals surface area contributed by atoms with Gasteiger partial charge in [0.1, 0.15) is 5.15 Å². The van der Waals surface area contributed by atoms with Gasteiger partial charge in [0, 0.05) is 12.1 Å². The minimum absolute atomic E-state index is 0.0893. The number of halogens is 2. The van der Waals surface area contributed by atoms with Gasteiger partial charge < -0.3 is 9.84 Å². The summed E-state index contributed by atoms with van der Waals surface area (Å²) in [6.45, 7) is 0. The number of hydrogen-bond acceptors (Lipinski definition) is 5. The van der Waals surface area contributed by atoms with Gasteiger partial charge in [0.25, 0.3) is 0 Å². The first kappa shape index (κ1) is 15.2. The molecule has 1 aromatic heterocycles. The van der Waals surface area contributed by atoms with Gasteiger partial charge in [-0.05, 0) is 28.1 Å². The van der Waals surface area contributed by atoms with Gasteiger partial charge >= 0.3 is 11.7 Å². The van der Waals surface area contributed by atoms with Crippen LogP contribution >= 0.6 is 27.5 Å². The SMILES string of the molecule is O=C(O)c1cc(Cl)nc(Oc2c(Br)cccc2[N+](=O)[O-])c1. The van der Waals surface area contributed by atoms with Crippen LogP contribution in [0.5, 0.6) is 11.6 Å². The van der Waals surface area contributed by atoms with Crippen LogP contribution in [0.2, 0.25) is 5.15 Å². The smallest absolute Gasteiger partial charge is 0.335 e. The first-order valence-electron chi connectivity index (χ1n) is 5.40. The third-order valence-electron chi connectivity index (χ3n) is 2.37. The van der Waals surface area contributed by atoms with E-state index in [1.807, 2.05) is 0 Å². The molecular weight excluding hydrogens is 367 g/mol. The normalized spacial score (nSPS) is 10.2. The molecule has 7 nitrogen and oxygen atoms in total. The van der Waals surface area contributed by atoms with Crippen LogP contribution in [-0.4, -0.2) is 21.0 Å². The second kappa shape index (κ2) is 6.06. The quantitative estimate of drug-likeness (QED) is 0.495. The van der Waals surface area contributed by atoms with Gasteiger partial charge in [-0.3, -0.25) is 10.1 Å². The van der Waals surface area contributed by atoms with Crippen molar-refractivity contribution in [3.05, 3.63) is 55.6 Å². The molecule has 0 fully saturated rings. The van der Waals surface area contributed by atoms with Gasteiger partial charge in [0.15, 0.2) is 0 Å². The average molecular weight is 374 g/mol. The van der Waals surface area contributed by atoms with Crippen LogP contribution < -0.4 is 4.74 Å². The summed E-state index contributed by atoms with van der Waals surface area (Å²) >= 11 is 8.83. The number of aromatic carboxylic acids is 1. The Morgan fingerprint density at radius 2 is 2.14 bits per heavy atom. The number of hydrogen-bond donors (Lipinski definition) is 1. The van der Waals surface area contributed by atoms with E-state index in [-0.39, 0.29) is 28.0 Å². The highest BCUT2D eigenvalue weighted by atomic mass is 79.9. The standard InChI is InChI=1S/C12H6BrClN2O5/c13-7-2-1-3-8(16(19)20)11(7)21-10-5-6(12(17)18)4-9(14)15-10/h1-5H,(H,17,18). The summed E-state index contributed by atoms with van der Waals surface area (Å²) in [5.41, 5.74) is -0.428. The van der Waals surface area contributed by atoms with Crippen molar-refractivity contribution in [2.75, 3.05) is 0 Å². The van der Waals surface area contributed by atoms with Gasteiger partial charge in [-0.25, -0.2) is 9.78 Å². The number of nitro benzene ring substituents is 1. The Balaban J connectivity index is 2.48. The molecule has 21 heavy (non-hydrogen) atoms. The first-order valence-corrected chi connectivity index (χ1v) is 6.57. The molecule has 1 heterocycles. The molecule has 0 radical (unpaired) electrons. The molecule has 0 aliphatic carbocycles. The summed E-state index contributed by atoms with van der Waals surface area (Å²) in [7, 11) is 0. The van der Waals surface area contributed by atoms with Crippen molar-refractivity contribution in [2.45, 2.75) is 0 Å². The minimum atomic E-state index is -1.22. The lowest BCUT2D eigenvalue weighted by Gasteiger charge is -2.08. The lowest BCUT2D eigenvalue weighted by molar-refractivity contribution is -0.385. The zero-order valence-corrected chi connectivity index (χ0v) is 12.5. The molecule has 1 N–H and O–H groups in total. The molecule has 0 spiro atoms. The summed E-state index contributed by atoms with van der Waals surface area (Å²) < 4.78 is 5.65. The molecule has 2 aromatic rings. The molecule has 2 rings (SSSR count). The Hall–Kier alpha value is -2.19. The fraction of sp³-hybridized carbons (Fsp3) is 0. The molecule has 0 amide bonds. The summed E-state index contributed by atoms with van der Waals surface area (Å²) in [5, 5.41) is 19.8. The van der Waals surface area contributed by atoms with Crippen LogP contribution in [0, 0.1) is 10.1 Å². The fourth-order valence-electron chi connectivity index (χ4n) is 1.50. The predicted octanol–water partition coefficient (Wildman–Crippen LogP) is 3.90. The van der Waals surface area contributed by atoms with Crippen LogP contribution in [0.4, 0.5) is 5.69 Å². The maximum absolute atomic E-state index is 11.0. The molecule has 0 saturated heterocycles. The second-order valence-electron chi connectivity index (χ2n) is 3.77. The Bertz CT molecular complexity index is 738. The van der Waals surface area contributed by atoms with E-state index in [4.69, 9.17) is 21.4 Å². The molecule has 108 valence electrons. The monoisotopic (exact) mass is 372 g/mol. The van der Waals surface area contributed by atoms with Crippen molar-refractivity contribution in [2.24, 2.45) is 0 Å². The van der Waals surface area contributed by atoms with Crippen LogP contribution in [0.3, 0.4) is 0 Å². The second-order valence-corrected chi connectivity index (χ2v) is 5.01. The van der Waals surface area contributed by atoms with Crippen molar-refractivity contribution >= 4 is 39.2 Å². The van der Waals surface area contributed by atoms with Crippen molar-refractivity contribution in [1.82, 2.24) is 4.98 Å². The maximum atomic E-state index is 11.0. The van der Waals surface area contributed by atoms with Crippen LogP contribution in [0.1, 0.15) is 10.4 Å². The highest BCUT2D eigenvalue weighted by molar-refractivity contribution is 9.10. The molecule has 0 aliphatic rings. The first-order chi connectivity index (χ1) is 9.88. The van der Waals surface area contributed by atoms with E-state index < -0.39 is 10.9 Å². The molecule has 0 saturated carbocycles. The van der Waals surface area contributed by atoms with E-state index in [9.17, 15) is 14.9 Å². The summed E-state index contributed by atoms with van der Waals surface area (Å²) in [5.74, 6) is -1.46. The van der Waals surface area contributed by atoms with Crippen molar-refractivity contribution in [3.8, 4) is 11.6 Å². The van der Waals surface area contributed by atoms with Crippen LogP contribution in [-0.2, 0) is 0 Å². The maximum Gasteiger partial charge on any atom is 0.335 e. The Labute approximate surface area is 131 Å². The highest BCUT2D eigenvalue weighted by Gasteiger charge is 2.20. The third kappa shape index (κ3) is 3.47. The molecule has 1 aromatic carbocycles. The molecular formula is C12H6BrClN2O5. The van der Waals surface area contributed by atoms with E-state index in [2.05, 4.69) is 20.9 Å². The average Bonchev–Trinajstić information content (AvgIpc) is 2.40. The molecule has 0 atom stereocenters. The number of aromatic nitrogens is 1. The highest BCUT2D eigenvalue weighted by Crippen LogP contribution is 2.37. The number of para-hydroxylation sites is 1. The molecule has 0 aliphatic heterocycles. The van der Waals surface area contributed by atoms with E-state index in [0.29, 0.717) is 4.47 Å². The van der Waals surface area contributed by atoms with E-state index >= 15 is 0 Å². The number of carboxylic acid groups (broad SMARTS) is 1. The summed E-state index contributed by atoms with van der Waals surface area (Å²) in [6.07, 6.45) is 0. The van der Waals surface area contributed by atoms with Gasteiger partial charge in [0.2, 0.25) is 11.6 Å².